The van der Waals surface area contributed by atoms with Crippen molar-refractivity contribution in [3.63, 3.8) is 0 Å². The lowest BCUT2D eigenvalue weighted by Gasteiger charge is -2.43. The summed E-state index contributed by atoms with van der Waals surface area (Å²) in [6.45, 7) is 1.26. The van der Waals surface area contributed by atoms with Crippen LogP contribution in [0.2, 0.25) is 0 Å². The minimum Gasteiger partial charge on any atom is -0.389 e. The third-order valence-electron chi connectivity index (χ3n) is 5.66. The molecule has 2 aliphatic rings. The zero-order valence-corrected chi connectivity index (χ0v) is 14.2. The Labute approximate surface area is 148 Å². The summed E-state index contributed by atoms with van der Waals surface area (Å²) in [6, 6.07) is 18.1. The molecule has 1 heterocycles. The number of aliphatic hydroxyl groups is 1. The number of benzene rings is 2. The van der Waals surface area contributed by atoms with E-state index in [0.717, 1.165) is 24.9 Å². The fourth-order valence-electron chi connectivity index (χ4n) is 4.22. The van der Waals surface area contributed by atoms with Crippen LogP contribution in [0, 0.1) is 5.92 Å². The smallest absolute Gasteiger partial charge is 0.224 e. The molecule has 2 atom stereocenters. The Kier molecular flexibility index (Phi) is 4.32. The van der Waals surface area contributed by atoms with E-state index < -0.39 is 11.6 Å². The Morgan fingerprint density at radius 1 is 1.04 bits per heavy atom. The molecule has 4 heteroatoms. The largest absolute Gasteiger partial charge is 0.389 e. The molecule has 130 valence electrons. The second-order valence-corrected chi connectivity index (χ2v) is 7.17. The summed E-state index contributed by atoms with van der Waals surface area (Å²) in [5, 5.41) is 17.2. The molecule has 0 bridgehead atoms. The normalized spacial score (nSPS) is 26.2. The van der Waals surface area contributed by atoms with Crippen molar-refractivity contribution in [3.05, 3.63) is 71.3 Å². The van der Waals surface area contributed by atoms with Crippen LogP contribution in [-0.4, -0.2) is 30.2 Å². The summed E-state index contributed by atoms with van der Waals surface area (Å²) in [5.41, 5.74) is 2.80. The van der Waals surface area contributed by atoms with Gasteiger partial charge in [-0.25, -0.2) is 0 Å². The van der Waals surface area contributed by atoms with Crippen molar-refractivity contribution in [2.45, 2.75) is 30.9 Å². The van der Waals surface area contributed by atoms with Crippen LogP contribution in [0.15, 0.2) is 54.6 Å². The van der Waals surface area contributed by atoms with Crippen LogP contribution >= 0.6 is 0 Å². The van der Waals surface area contributed by atoms with Crippen molar-refractivity contribution in [1.29, 1.82) is 0 Å². The summed E-state index contributed by atoms with van der Waals surface area (Å²) < 4.78 is 0. The van der Waals surface area contributed by atoms with Crippen LogP contribution in [0.5, 0.6) is 0 Å². The molecular formula is C21H24N2O2. The summed E-state index contributed by atoms with van der Waals surface area (Å²) >= 11 is 0. The van der Waals surface area contributed by atoms with Crippen molar-refractivity contribution >= 4 is 5.91 Å². The fourth-order valence-corrected chi connectivity index (χ4v) is 4.22. The summed E-state index contributed by atoms with van der Waals surface area (Å²) in [7, 11) is 0. The van der Waals surface area contributed by atoms with Crippen LogP contribution in [0.25, 0.3) is 0 Å². The summed E-state index contributed by atoms with van der Waals surface area (Å²) in [4.78, 5) is 13.1. The molecule has 4 rings (SSSR count). The molecule has 4 nitrogen and oxygen atoms in total. The van der Waals surface area contributed by atoms with Gasteiger partial charge in [-0.2, -0.15) is 0 Å². The van der Waals surface area contributed by atoms with E-state index in [1.807, 2.05) is 42.5 Å². The Hall–Kier alpha value is -2.17. The van der Waals surface area contributed by atoms with Gasteiger partial charge >= 0.3 is 0 Å². The van der Waals surface area contributed by atoms with Gasteiger partial charge in [-0.15, -0.1) is 0 Å². The van der Waals surface area contributed by atoms with Crippen LogP contribution in [-0.2, 0) is 23.2 Å². The minimum absolute atomic E-state index is 0.0426. The number of piperidine rings is 1. The first-order valence-corrected chi connectivity index (χ1v) is 9.02. The van der Waals surface area contributed by atoms with E-state index >= 15 is 0 Å². The molecule has 25 heavy (non-hydrogen) atoms. The van der Waals surface area contributed by atoms with Crippen molar-refractivity contribution in [3.8, 4) is 0 Å². The van der Waals surface area contributed by atoms with E-state index in [1.54, 1.807) is 0 Å². The first-order chi connectivity index (χ1) is 12.2. The zero-order chi connectivity index (χ0) is 17.3. The molecule has 0 aromatic heterocycles. The topological polar surface area (TPSA) is 61.4 Å². The monoisotopic (exact) mass is 336 g/mol. The summed E-state index contributed by atoms with van der Waals surface area (Å²) in [6.07, 6.45) is 1.60. The third kappa shape index (κ3) is 2.96. The number of carbonyl (C=O) groups is 1. The molecule has 1 fully saturated rings. The first kappa shape index (κ1) is 16.3. The molecule has 3 N–H and O–H groups in total. The molecule has 1 saturated heterocycles. The van der Waals surface area contributed by atoms with E-state index in [1.165, 1.54) is 11.1 Å². The quantitative estimate of drug-likeness (QED) is 0.800. The van der Waals surface area contributed by atoms with Crippen molar-refractivity contribution in [2.75, 3.05) is 13.1 Å². The minimum atomic E-state index is -0.710. The first-order valence-electron chi connectivity index (χ1n) is 9.02. The van der Waals surface area contributed by atoms with Crippen LogP contribution in [0.4, 0.5) is 0 Å². The van der Waals surface area contributed by atoms with Gasteiger partial charge in [0.1, 0.15) is 0 Å². The number of β-amino-alcohol motifs (C(OH)–C–C–N with tert-alkyl or cyclic N) is 1. The number of amides is 1. The highest BCUT2D eigenvalue weighted by molar-refractivity contribution is 5.81. The van der Waals surface area contributed by atoms with Crippen LogP contribution in [0.3, 0.4) is 0 Å². The van der Waals surface area contributed by atoms with E-state index in [-0.39, 0.29) is 11.8 Å². The molecule has 0 saturated carbocycles. The maximum atomic E-state index is 13.1. The van der Waals surface area contributed by atoms with Gasteiger partial charge in [0.25, 0.3) is 0 Å². The predicted octanol–water partition coefficient (Wildman–Crippen LogP) is 1.77. The molecule has 1 aliphatic heterocycles. The van der Waals surface area contributed by atoms with E-state index in [2.05, 4.69) is 22.8 Å². The second kappa shape index (κ2) is 6.62. The molecule has 2 aromatic carbocycles. The molecule has 0 spiro atoms. The Morgan fingerprint density at radius 3 is 2.32 bits per heavy atom. The molecular weight excluding hydrogens is 312 g/mol. The average molecular weight is 336 g/mol. The standard InChI is InChI=1S/C21H24N2O2/c24-19-14-22-11-10-21(19,18-8-2-1-3-9-18)23-20(25)17-12-15-6-4-5-7-16(15)13-17/h1-9,17,19,22,24H,10-14H2,(H,23,25)/t19-,21+/m1/s1. The lowest BCUT2D eigenvalue weighted by atomic mass is 9.78. The number of fused-ring (bicyclic) bond motifs is 1. The molecule has 0 radical (unpaired) electrons. The van der Waals surface area contributed by atoms with E-state index in [9.17, 15) is 9.90 Å². The maximum Gasteiger partial charge on any atom is 0.224 e. The van der Waals surface area contributed by atoms with Gasteiger partial charge in [0.05, 0.1) is 11.6 Å². The lowest BCUT2D eigenvalue weighted by molar-refractivity contribution is -0.129. The van der Waals surface area contributed by atoms with Gasteiger partial charge in [0.2, 0.25) is 5.91 Å². The summed E-state index contributed by atoms with van der Waals surface area (Å²) in [5.74, 6) is -0.0129. The number of rotatable bonds is 3. The van der Waals surface area contributed by atoms with Crippen molar-refractivity contribution < 1.29 is 9.90 Å². The van der Waals surface area contributed by atoms with Gasteiger partial charge < -0.3 is 15.7 Å². The van der Waals surface area contributed by atoms with Gasteiger partial charge in [-0.3, -0.25) is 4.79 Å². The van der Waals surface area contributed by atoms with E-state index in [0.29, 0.717) is 13.0 Å². The lowest BCUT2D eigenvalue weighted by Crippen LogP contribution is -2.62. The van der Waals surface area contributed by atoms with Crippen LogP contribution < -0.4 is 10.6 Å². The molecule has 0 unspecified atom stereocenters. The Morgan fingerprint density at radius 2 is 1.68 bits per heavy atom. The Balaban J connectivity index is 1.59. The van der Waals surface area contributed by atoms with Gasteiger partial charge in [0, 0.05) is 12.5 Å². The third-order valence-corrected chi connectivity index (χ3v) is 5.66. The second-order valence-electron chi connectivity index (χ2n) is 7.17. The number of hydrogen-bond donors (Lipinski definition) is 3. The number of aliphatic hydroxyl groups excluding tert-OH is 1. The zero-order valence-electron chi connectivity index (χ0n) is 14.2. The maximum absolute atomic E-state index is 13.1. The highest BCUT2D eigenvalue weighted by atomic mass is 16.3. The van der Waals surface area contributed by atoms with Crippen molar-refractivity contribution in [2.24, 2.45) is 5.92 Å². The number of hydrogen-bond acceptors (Lipinski definition) is 3. The number of nitrogens with one attached hydrogen (secondary N) is 2. The average Bonchev–Trinajstić information content (AvgIpc) is 3.09. The predicted molar refractivity (Wildman–Crippen MR) is 97.1 cm³/mol. The van der Waals surface area contributed by atoms with E-state index in [4.69, 9.17) is 0 Å². The molecule has 2 aromatic rings. The SMILES string of the molecule is O=C(N[C@]1(c2ccccc2)CCNC[C@H]1O)C1Cc2ccccc2C1. The van der Waals surface area contributed by atoms with Crippen LogP contribution in [0.1, 0.15) is 23.1 Å². The number of carbonyl (C=O) groups excluding carboxylic acids is 1. The van der Waals surface area contributed by atoms with Gasteiger partial charge in [0.15, 0.2) is 0 Å². The molecule has 1 amide bonds. The highest BCUT2D eigenvalue weighted by Gasteiger charge is 2.44. The van der Waals surface area contributed by atoms with Crippen molar-refractivity contribution in [1.82, 2.24) is 10.6 Å². The Bertz CT molecular complexity index is 737. The molecule has 1 aliphatic carbocycles. The van der Waals surface area contributed by atoms with Gasteiger partial charge in [-0.05, 0) is 42.5 Å². The van der Waals surface area contributed by atoms with Gasteiger partial charge in [-0.1, -0.05) is 54.6 Å². The highest BCUT2D eigenvalue weighted by Crippen LogP contribution is 2.33. The fraction of sp³-hybridized carbons (Fsp3) is 0.381.